The van der Waals surface area contributed by atoms with Gasteiger partial charge in [-0.15, -0.1) is 0 Å². The van der Waals surface area contributed by atoms with Crippen LogP contribution >= 0.6 is 11.6 Å². The Bertz CT molecular complexity index is 1020. The van der Waals surface area contributed by atoms with Crippen LogP contribution < -0.4 is 20.8 Å². The molecule has 3 rings (SSSR count). The van der Waals surface area contributed by atoms with Crippen LogP contribution in [0.4, 0.5) is 5.69 Å². The molecule has 3 N–H and O–H groups in total. The van der Waals surface area contributed by atoms with Crippen LogP contribution in [0.3, 0.4) is 0 Å². The van der Waals surface area contributed by atoms with Gasteiger partial charge in [0.15, 0.2) is 6.61 Å². The Morgan fingerprint density at radius 3 is 2.70 bits per heavy atom. The Kier molecular flexibility index (Phi) is 8.79. The summed E-state index contributed by atoms with van der Waals surface area (Å²) in [7, 11) is 0. The highest BCUT2D eigenvalue weighted by atomic mass is 35.5. The molecule has 0 saturated carbocycles. The second-order valence-corrected chi connectivity index (χ2v) is 7.77. The van der Waals surface area contributed by atoms with Crippen molar-refractivity contribution in [3.05, 3.63) is 58.6 Å². The first kappa shape index (κ1) is 24.2. The van der Waals surface area contributed by atoms with Gasteiger partial charge in [-0.05, 0) is 67.3 Å². The largest absolute Gasteiger partial charge is 0.484 e. The fraction of sp³-hybridized carbons (Fsp3) is 0.304. The molecular formula is C23H25ClN4O5. The minimum absolute atomic E-state index is 0.0435. The third kappa shape index (κ3) is 7.58. The van der Waals surface area contributed by atoms with Gasteiger partial charge in [-0.3, -0.25) is 14.4 Å². The number of hydrogen-bond acceptors (Lipinski definition) is 6. The Hall–Kier alpha value is -3.43. The average molecular weight is 473 g/mol. The molecule has 10 heteroatoms. The zero-order chi connectivity index (χ0) is 23.6. The Morgan fingerprint density at radius 1 is 1.18 bits per heavy atom. The predicted molar refractivity (Wildman–Crippen MR) is 124 cm³/mol. The summed E-state index contributed by atoms with van der Waals surface area (Å²) in [6.07, 6.45) is 3.17. The van der Waals surface area contributed by atoms with Crippen LogP contribution in [0.5, 0.6) is 5.75 Å². The molecule has 1 saturated heterocycles. The molecule has 33 heavy (non-hydrogen) atoms. The highest BCUT2D eigenvalue weighted by Crippen LogP contribution is 2.22. The van der Waals surface area contributed by atoms with Crippen molar-refractivity contribution >= 4 is 41.2 Å². The first-order valence-corrected chi connectivity index (χ1v) is 10.8. The predicted octanol–water partition coefficient (Wildman–Crippen LogP) is 2.41. The molecule has 3 amide bonds. The number of rotatable bonds is 8. The molecule has 0 aliphatic carbocycles. The van der Waals surface area contributed by atoms with Crippen molar-refractivity contribution in [2.75, 3.05) is 25.1 Å². The monoisotopic (exact) mass is 472 g/mol. The zero-order valence-corrected chi connectivity index (χ0v) is 18.9. The molecule has 1 fully saturated rings. The molecule has 9 nitrogen and oxygen atoms in total. The van der Waals surface area contributed by atoms with Gasteiger partial charge in [0.25, 0.3) is 5.91 Å². The normalized spacial score (nSPS) is 15.3. The standard InChI is InChI=1S/C23H25ClN4O5/c1-15-19(24)5-2-6-20(15)27-21(29)14-33-17-9-7-16(8-10-17)12-26-28-23(31)22(30)25-13-18-4-3-11-32-18/h2,5-10,12,18H,3-4,11,13-14H2,1H3,(H,25,30)(H,27,29)(H,28,31)/b26-12-/t18-/m0/s1. The summed E-state index contributed by atoms with van der Waals surface area (Å²) in [5.74, 6) is -1.45. The number of anilines is 1. The molecule has 0 radical (unpaired) electrons. The lowest BCUT2D eigenvalue weighted by molar-refractivity contribution is -0.139. The van der Waals surface area contributed by atoms with Crippen LogP contribution in [0.15, 0.2) is 47.6 Å². The van der Waals surface area contributed by atoms with Crippen molar-refractivity contribution < 1.29 is 23.9 Å². The molecule has 0 spiro atoms. The van der Waals surface area contributed by atoms with Crippen LogP contribution in [0, 0.1) is 6.92 Å². The lowest BCUT2D eigenvalue weighted by Gasteiger charge is -2.10. The van der Waals surface area contributed by atoms with Crippen molar-refractivity contribution in [2.24, 2.45) is 5.10 Å². The fourth-order valence-electron chi connectivity index (χ4n) is 3.04. The minimum atomic E-state index is -0.856. The SMILES string of the molecule is Cc1c(Cl)cccc1NC(=O)COc1ccc(/C=N\NC(=O)C(=O)NC[C@@H]2CCCO2)cc1. The second-order valence-electron chi connectivity index (χ2n) is 7.36. The van der Waals surface area contributed by atoms with E-state index in [1.165, 1.54) is 6.21 Å². The van der Waals surface area contributed by atoms with Gasteiger partial charge in [0.1, 0.15) is 5.75 Å². The minimum Gasteiger partial charge on any atom is -0.484 e. The summed E-state index contributed by atoms with van der Waals surface area (Å²) < 4.78 is 10.9. The fourth-order valence-corrected chi connectivity index (χ4v) is 3.21. The third-order valence-corrected chi connectivity index (χ3v) is 5.30. The average Bonchev–Trinajstić information content (AvgIpc) is 3.33. The topological polar surface area (TPSA) is 118 Å². The zero-order valence-electron chi connectivity index (χ0n) is 18.1. The first-order chi connectivity index (χ1) is 15.9. The second kappa shape index (κ2) is 12.0. The van der Waals surface area contributed by atoms with E-state index in [-0.39, 0.29) is 18.6 Å². The van der Waals surface area contributed by atoms with Gasteiger partial charge in [-0.2, -0.15) is 5.10 Å². The van der Waals surface area contributed by atoms with Gasteiger partial charge in [-0.1, -0.05) is 17.7 Å². The van der Waals surface area contributed by atoms with E-state index < -0.39 is 11.8 Å². The van der Waals surface area contributed by atoms with Crippen LogP contribution in [-0.4, -0.2) is 49.8 Å². The molecule has 1 heterocycles. The van der Waals surface area contributed by atoms with E-state index >= 15 is 0 Å². The molecule has 1 aliphatic heterocycles. The number of nitrogens with one attached hydrogen (secondary N) is 3. The first-order valence-electron chi connectivity index (χ1n) is 10.4. The molecule has 0 bridgehead atoms. The maximum absolute atomic E-state index is 12.1. The maximum Gasteiger partial charge on any atom is 0.329 e. The van der Waals surface area contributed by atoms with Gasteiger partial charge in [0, 0.05) is 23.9 Å². The Balaban J connectivity index is 1.39. The summed E-state index contributed by atoms with van der Waals surface area (Å²) in [6.45, 7) is 2.63. The van der Waals surface area contributed by atoms with Crippen molar-refractivity contribution in [3.8, 4) is 5.75 Å². The van der Waals surface area contributed by atoms with Crippen molar-refractivity contribution in [1.29, 1.82) is 0 Å². The lowest BCUT2D eigenvalue weighted by Crippen LogP contribution is -2.41. The maximum atomic E-state index is 12.1. The summed E-state index contributed by atoms with van der Waals surface area (Å²) >= 11 is 6.05. The number of hydrazone groups is 1. The smallest absolute Gasteiger partial charge is 0.329 e. The van der Waals surface area contributed by atoms with E-state index in [2.05, 4.69) is 21.2 Å². The number of nitrogens with zero attached hydrogens (tertiary/aromatic N) is 1. The summed E-state index contributed by atoms with van der Waals surface area (Å²) in [6, 6.07) is 12.0. The summed E-state index contributed by atoms with van der Waals surface area (Å²) in [5.41, 5.74) is 4.26. The van der Waals surface area contributed by atoms with Gasteiger partial charge < -0.3 is 20.1 Å². The number of benzene rings is 2. The molecule has 0 aromatic heterocycles. The van der Waals surface area contributed by atoms with Crippen LogP contribution in [0.2, 0.25) is 5.02 Å². The molecule has 1 aliphatic rings. The van der Waals surface area contributed by atoms with Gasteiger partial charge in [0.05, 0.1) is 12.3 Å². The Labute approximate surface area is 196 Å². The van der Waals surface area contributed by atoms with Gasteiger partial charge >= 0.3 is 11.8 Å². The van der Waals surface area contributed by atoms with Crippen molar-refractivity contribution in [3.63, 3.8) is 0 Å². The Morgan fingerprint density at radius 2 is 1.97 bits per heavy atom. The van der Waals surface area contributed by atoms with E-state index in [4.69, 9.17) is 21.1 Å². The van der Waals surface area contributed by atoms with Gasteiger partial charge in [-0.25, -0.2) is 5.43 Å². The van der Waals surface area contributed by atoms with Gasteiger partial charge in [0.2, 0.25) is 0 Å². The quantitative estimate of drug-likeness (QED) is 0.310. The highest BCUT2D eigenvalue weighted by molar-refractivity contribution is 6.35. The number of carbonyl (C=O) groups excluding carboxylic acids is 3. The number of carbonyl (C=O) groups is 3. The van der Waals surface area contributed by atoms with E-state index in [9.17, 15) is 14.4 Å². The molecule has 0 unspecified atom stereocenters. The van der Waals surface area contributed by atoms with E-state index in [1.54, 1.807) is 42.5 Å². The van der Waals surface area contributed by atoms with E-state index in [0.717, 1.165) is 18.4 Å². The van der Waals surface area contributed by atoms with E-state index in [0.29, 0.717) is 35.2 Å². The lowest BCUT2D eigenvalue weighted by atomic mass is 10.2. The van der Waals surface area contributed by atoms with Crippen molar-refractivity contribution in [1.82, 2.24) is 10.7 Å². The molecular weight excluding hydrogens is 448 g/mol. The number of hydrogen-bond donors (Lipinski definition) is 3. The van der Waals surface area contributed by atoms with Crippen LogP contribution in [0.25, 0.3) is 0 Å². The number of ether oxygens (including phenoxy) is 2. The third-order valence-electron chi connectivity index (χ3n) is 4.89. The molecule has 2 aromatic rings. The van der Waals surface area contributed by atoms with Crippen LogP contribution in [-0.2, 0) is 19.1 Å². The summed E-state index contributed by atoms with van der Waals surface area (Å²) in [4.78, 5) is 35.6. The molecule has 2 aromatic carbocycles. The highest BCUT2D eigenvalue weighted by Gasteiger charge is 2.18. The number of amides is 3. The molecule has 174 valence electrons. The number of halogens is 1. The van der Waals surface area contributed by atoms with Crippen LogP contribution in [0.1, 0.15) is 24.0 Å². The van der Waals surface area contributed by atoms with E-state index in [1.807, 2.05) is 6.92 Å². The molecule has 1 atom stereocenters. The summed E-state index contributed by atoms with van der Waals surface area (Å²) in [5, 5.41) is 9.62. The van der Waals surface area contributed by atoms with Crippen molar-refractivity contribution in [2.45, 2.75) is 25.9 Å².